The molecule has 2 amide bonds. The van der Waals surface area contributed by atoms with E-state index in [1.807, 2.05) is 32.0 Å². The highest BCUT2D eigenvalue weighted by Crippen LogP contribution is 2.42. The number of hydrogen-bond donors (Lipinski definition) is 1. The van der Waals surface area contributed by atoms with Gasteiger partial charge < -0.3 is 10.2 Å². The van der Waals surface area contributed by atoms with E-state index in [0.717, 1.165) is 11.8 Å². The molecule has 4 rings (SSSR count). The molecule has 0 fully saturated rings. The van der Waals surface area contributed by atoms with Gasteiger partial charge in [-0.15, -0.1) is 0 Å². The van der Waals surface area contributed by atoms with Crippen molar-refractivity contribution in [2.75, 3.05) is 10.8 Å². The fraction of sp³-hybridized carbons (Fsp3) is 0.357. The Hall–Kier alpha value is -2.81. The predicted octanol–water partition coefficient (Wildman–Crippen LogP) is 5.77. The van der Waals surface area contributed by atoms with Gasteiger partial charge in [-0.05, 0) is 56.3 Å². The minimum Gasteiger partial charge on any atom is -0.352 e. The molecule has 0 aromatic heterocycles. The van der Waals surface area contributed by atoms with Crippen LogP contribution in [0.2, 0.25) is 10.0 Å². The SMILES string of the molecule is CC[C@H](C)NC(=O)[C@H](C)N(Cc1c(Cl)cccc1Cl)C(=O)CCCN1c2cccc3cccc(c23)S1(=O)=O. The first-order chi connectivity index (χ1) is 18.1. The van der Waals surface area contributed by atoms with Crippen molar-refractivity contribution < 1.29 is 18.0 Å². The lowest BCUT2D eigenvalue weighted by molar-refractivity contribution is -0.140. The number of rotatable bonds is 10. The Morgan fingerprint density at radius 2 is 1.63 bits per heavy atom. The molecule has 0 saturated heterocycles. The molecule has 1 aliphatic rings. The van der Waals surface area contributed by atoms with Gasteiger partial charge in [-0.1, -0.05) is 60.5 Å². The second-order valence-corrected chi connectivity index (χ2v) is 12.2. The number of halogens is 2. The van der Waals surface area contributed by atoms with Gasteiger partial charge in [-0.3, -0.25) is 13.9 Å². The lowest BCUT2D eigenvalue weighted by Gasteiger charge is -2.30. The molecule has 1 heterocycles. The molecule has 7 nitrogen and oxygen atoms in total. The molecule has 3 aromatic carbocycles. The number of benzene rings is 3. The zero-order chi connectivity index (χ0) is 27.6. The first-order valence-corrected chi connectivity index (χ1v) is 14.8. The highest BCUT2D eigenvalue weighted by atomic mass is 35.5. The van der Waals surface area contributed by atoms with Crippen LogP contribution in [0.3, 0.4) is 0 Å². The molecular weight excluding hydrogens is 545 g/mol. The van der Waals surface area contributed by atoms with Crippen LogP contribution in [0.5, 0.6) is 0 Å². The highest BCUT2D eigenvalue weighted by molar-refractivity contribution is 7.93. The van der Waals surface area contributed by atoms with Crippen LogP contribution in [-0.2, 0) is 26.2 Å². The molecule has 202 valence electrons. The van der Waals surface area contributed by atoms with E-state index >= 15 is 0 Å². The molecule has 0 spiro atoms. The van der Waals surface area contributed by atoms with E-state index in [9.17, 15) is 18.0 Å². The zero-order valence-corrected chi connectivity index (χ0v) is 23.9. The van der Waals surface area contributed by atoms with Crippen molar-refractivity contribution in [3.8, 4) is 0 Å². The van der Waals surface area contributed by atoms with E-state index in [-0.39, 0.29) is 48.7 Å². The Balaban J connectivity index is 1.53. The number of carbonyl (C=O) groups is 2. The van der Waals surface area contributed by atoms with Gasteiger partial charge in [0.15, 0.2) is 0 Å². The average Bonchev–Trinajstić information content (AvgIpc) is 3.11. The van der Waals surface area contributed by atoms with Gasteiger partial charge in [0.05, 0.1) is 10.6 Å². The maximum Gasteiger partial charge on any atom is 0.265 e. The number of anilines is 1. The molecule has 3 aromatic rings. The summed E-state index contributed by atoms with van der Waals surface area (Å²) in [4.78, 5) is 28.2. The van der Waals surface area contributed by atoms with Crippen molar-refractivity contribution in [2.45, 2.75) is 63.6 Å². The molecule has 0 radical (unpaired) electrons. The van der Waals surface area contributed by atoms with Gasteiger partial charge in [-0.2, -0.15) is 0 Å². The van der Waals surface area contributed by atoms with E-state index < -0.39 is 16.1 Å². The van der Waals surface area contributed by atoms with Gasteiger partial charge in [0.1, 0.15) is 6.04 Å². The fourth-order valence-electron chi connectivity index (χ4n) is 4.62. The number of nitrogens with zero attached hydrogens (tertiary/aromatic N) is 2. The minimum absolute atomic E-state index is 0.0430. The smallest absolute Gasteiger partial charge is 0.265 e. The van der Waals surface area contributed by atoms with E-state index in [0.29, 0.717) is 26.7 Å². The third-order valence-electron chi connectivity index (χ3n) is 6.99. The summed E-state index contributed by atoms with van der Waals surface area (Å²) >= 11 is 12.8. The Labute approximate surface area is 233 Å². The maximum atomic E-state index is 13.5. The first-order valence-electron chi connectivity index (χ1n) is 12.6. The summed E-state index contributed by atoms with van der Waals surface area (Å²) in [5.41, 5.74) is 1.17. The van der Waals surface area contributed by atoms with Crippen molar-refractivity contribution in [1.82, 2.24) is 10.2 Å². The summed E-state index contributed by atoms with van der Waals surface area (Å²) in [6.45, 7) is 5.72. The van der Waals surface area contributed by atoms with Gasteiger partial charge in [0.25, 0.3) is 10.0 Å². The third-order valence-corrected chi connectivity index (χ3v) is 9.56. The number of carbonyl (C=O) groups excluding carboxylic acids is 2. The molecule has 1 aliphatic heterocycles. The Bertz CT molecular complexity index is 1450. The molecule has 0 unspecified atom stereocenters. The van der Waals surface area contributed by atoms with Crippen LogP contribution >= 0.6 is 23.2 Å². The first kappa shape index (κ1) is 28.2. The lowest BCUT2D eigenvalue weighted by atomic mass is 10.1. The minimum atomic E-state index is -3.71. The average molecular weight is 577 g/mol. The molecule has 1 N–H and O–H groups in total. The van der Waals surface area contributed by atoms with Crippen LogP contribution < -0.4 is 9.62 Å². The number of sulfonamides is 1. The van der Waals surface area contributed by atoms with Crippen LogP contribution in [0.1, 0.15) is 45.6 Å². The van der Waals surface area contributed by atoms with Gasteiger partial charge in [0.2, 0.25) is 11.8 Å². The van der Waals surface area contributed by atoms with Crippen molar-refractivity contribution in [1.29, 1.82) is 0 Å². The second kappa shape index (κ2) is 11.5. The molecule has 38 heavy (non-hydrogen) atoms. The summed E-state index contributed by atoms with van der Waals surface area (Å²) in [6, 6.07) is 15.0. The van der Waals surface area contributed by atoms with Gasteiger partial charge in [-0.25, -0.2) is 8.42 Å². The van der Waals surface area contributed by atoms with E-state index in [1.165, 1.54) is 9.21 Å². The predicted molar refractivity (Wildman–Crippen MR) is 152 cm³/mol. The van der Waals surface area contributed by atoms with E-state index in [2.05, 4.69) is 5.32 Å². The van der Waals surface area contributed by atoms with Crippen molar-refractivity contribution in [2.24, 2.45) is 0 Å². The number of nitrogens with one attached hydrogen (secondary N) is 1. The van der Waals surface area contributed by atoms with E-state index in [4.69, 9.17) is 23.2 Å². The Morgan fingerprint density at radius 3 is 2.29 bits per heavy atom. The highest BCUT2D eigenvalue weighted by Gasteiger charge is 2.35. The molecule has 0 aliphatic carbocycles. The quantitative estimate of drug-likeness (QED) is 0.332. The molecule has 10 heteroatoms. The molecule has 0 bridgehead atoms. The van der Waals surface area contributed by atoms with Crippen LogP contribution in [0.15, 0.2) is 59.5 Å². The second-order valence-electron chi connectivity index (χ2n) is 9.53. The summed E-state index contributed by atoms with van der Waals surface area (Å²) < 4.78 is 27.9. The fourth-order valence-corrected chi connectivity index (χ4v) is 6.88. The molecule has 0 saturated carbocycles. The molecular formula is C28H31Cl2N3O4S. The standard InChI is InChI=1S/C28H31Cl2N3O4S/c1-4-18(2)31-28(35)19(3)32(17-21-22(29)11-7-12-23(21)30)26(34)15-8-16-33-24-13-5-9-20-10-6-14-25(27(20)24)38(33,36)37/h5-7,9-14,18-19H,4,8,15-17H2,1-3H3,(H,31,35)/t18-,19-/m0/s1. The maximum absolute atomic E-state index is 13.5. The van der Waals surface area contributed by atoms with Crippen LogP contribution in [0, 0.1) is 0 Å². The van der Waals surface area contributed by atoms with Crippen molar-refractivity contribution in [3.63, 3.8) is 0 Å². The summed E-state index contributed by atoms with van der Waals surface area (Å²) in [6.07, 6.45) is 1.07. The normalized spacial score (nSPS) is 15.3. The zero-order valence-electron chi connectivity index (χ0n) is 21.6. The summed E-state index contributed by atoms with van der Waals surface area (Å²) in [5.74, 6) is -0.569. The van der Waals surface area contributed by atoms with Crippen molar-refractivity contribution in [3.05, 3.63) is 70.2 Å². The van der Waals surface area contributed by atoms with Crippen LogP contribution in [0.4, 0.5) is 5.69 Å². The number of hydrogen-bond acceptors (Lipinski definition) is 4. The topological polar surface area (TPSA) is 86.8 Å². The van der Waals surface area contributed by atoms with E-state index in [1.54, 1.807) is 43.3 Å². The third kappa shape index (κ3) is 5.48. The molecule has 2 atom stereocenters. The van der Waals surface area contributed by atoms with Gasteiger partial charge in [0, 0.05) is 46.5 Å². The van der Waals surface area contributed by atoms with Crippen LogP contribution in [-0.4, -0.2) is 43.8 Å². The monoisotopic (exact) mass is 575 g/mol. The Kier molecular flexibility index (Phi) is 8.55. The largest absolute Gasteiger partial charge is 0.352 e. The van der Waals surface area contributed by atoms with Crippen LogP contribution in [0.25, 0.3) is 10.8 Å². The van der Waals surface area contributed by atoms with Crippen molar-refractivity contribution >= 4 is 61.5 Å². The van der Waals surface area contributed by atoms with Gasteiger partial charge >= 0.3 is 0 Å². The number of amides is 2. The summed E-state index contributed by atoms with van der Waals surface area (Å²) in [5, 5.41) is 5.28. The summed E-state index contributed by atoms with van der Waals surface area (Å²) in [7, 11) is -3.71. The Morgan fingerprint density at radius 1 is 1.00 bits per heavy atom. The lowest BCUT2D eigenvalue weighted by Crippen LogP contribution is -2.49.